The van der Waals surface area contributed by atoms with E-state index in [1.807, 2.05) is 22.6 Å². The second kappa shape index (κ2) is 5.52. The highest BCUT2D eigenvalue weighted by Gasteiger charge is 2.20. The molecule has 0 radical (unpaired) electrons. The molecule has 1 atom stereocenters. The summed E-state index contributed by atoms with van der Waals surface area (Å²) in [5, 5.41) is 8.52. The smallest absolute Gasteiger partial charge is 0.237 e. The lowest BCUT2D eigenvalue weighted by molar-refractivity contribution is 0.296. The molecule has 0 amide bonds. The molecule has 0 aliphatic rings. The Bertz CT molecular complexity index is 478. The summed E-state index contributed by atoms with van der Waals surface area (Å²) < 4.78 is 26.4. The van der Waals surface area contributed by atoms with Crippen molar-refractivity contribution in [3.63, 3.8) is 0 Å². The van der Waals surface area contributed by atoms with E-state index < -0.39 is 21.9 Å². The first-order valence-corrected chi connectivity index (χ1v) is 7.44. The van der Waals surface area contributed by atoms with E-state index in [1.54, 1.807) is 18.2 Å². The third-order valence-electron chi connectivity index (χ3n) is 1.97. The largest absolute Gasteiger partial charge is 0.395 e. The zero-order chi connectivity index (χ0) is 12.3. The van der Waals surface area contributed by atoms with Crippen LogP contribution >= 0.6 is 34.2 Å². The van der Waals surface area contributed by atoms with E-state index in [9.17, 15) is 8.42 Å². The summed E-state index contributed by atoms with van der Waals surface area (Å²) in [6, 6.07) is 4.85. The van der Waals surface area contributed by atoms with E-state index in [0.717, 1.165) is 0 Å². The number of aliphatic hydroxyl groups excluding tert-OH is 1. The minimum absolute atomic E-state index is 0.417. The number of aliphatic hydroxyl groups is 1. The van der Waals surface area contributed by atoms with Crippen molar-refractivity contribution < 1.29 is 13.5 Å². The average Bonchev–Trinajstić information content (AvgIpc) is 2.21. The van der Waals surface area contributed by atoms with Crippen molar-refractivity contribution in [1.82, 2.24) is 0 Å². The molecule has 1 rings (SSSR count). The van der Waals surface area contributed by atoms with Crippen molar-refractivity contribution in [2.45, 2.75) is 12.2 Å². The summed E-state index contributed by atoms with van der Waals surface area (Å²) in [6.45, 7) is 1.02. The van der Waals surface area contributed by atoms with Crippen LogP contribution in [0.3, 0.4) is 0 Å². The minimum atomic E-state index is -3.55. The Hall–Kier alpha value is -0.0500. The molecule has 0 fully saturated rings. The lowest BCUT2D eigenvalue weighted by Gasteiger charge is -2.13. The number of hydrogen-bond acceptors (Lipinski definition) is 3. The van der Waals surface area contributed by atoms with Crippen LogP contribution < -0.4 is 4.72 Å². The molecule has 16 heavy (non-hydrogen) atoms. The van der Waals surface area contributed by atoms with Gasteiger partial charge in [-0.2, -0.15) is 0 Å². The fourth-order valence-electron chi connectivity index (χ4n) is 0.924. The molecule has 0 aromatic heterocycles. The van der Waals surface area contributed by atoms with Gasteiger partial charge in [-0.15, -0.1) is 0 Å². The minimum Gasteiger partial charge on any atom is -0.395 e. The molecule has 1 unspecified atom stereocenters. The molecule has 0 aliphatic carbocycles. The summed E-state index contributed by atoms with van der Waals surface area (Å²) >= 11 is 7.74. The molecule has 0 saturated heterocycles. The van der Waals surface area contributed by atoms with Gasteiger partial charge in [-0.25, -0.2) is 8.42 Å². The van der Waals surface area contributed by atoms with Crippen molar-refractivity contribution in [2.75, 3.05) is 11.3 Å². The first kappa shape index (κ1) is 14.0. The van der Waals surface area contributed by atoms with Crippen LogP contribution in [0.25, 0.3) is 0 Å². The summed E-state index contributed by atoms with van der Waals surface area (Å²) in [7, 11) is -3.55. The van der Waals surface area contributed by atoms with Gasteiger partial charge in [0.25, 0.3) is 0 Å². The van der Waals surface area contributed by atoms with Crippen LogP contribution in [0.4, 0.5) is 5.69 Å². The van der Waals surface area contributed by atoms with Gasteiger partial charge in [0.15, 0.2) is 0 Å². The number of nitrogens with one attached hydrogen (secondary N) is 1. The van der Waals surface area contributed by atoms with Crippen molar-refractivity contribution in [3.8, 4) is 0 Å². The molecular formula is C9H11ClINO3S. The van der Waals surface area contributed by atoms with Crippen LogP contribution in [0.15, 0.2) is 18.2 Å². The highest BCUT2D eigenvalue weighted by Crippen LogP contribution is 2.23. The number of benzene rings is 1. The maximum absolute atomic E-state index is 11.7. The monoisotopic (exact) mass is 375 g/mol. The zero-order valence-electron chi connectivity index (χ0n) is 8.44. The summed E-state index contributed by atoms with van der Waals surface area (Å²) in [5.41, 5.74) is 0.463. The quantitative estimate of drug-likeness (QED) is 0.792. The molecule has 0 spiro atoms. The van der Waals surface area contributed by atoms with E-state index in [4.69, 9.17) is 16.7 Å². The van der Waals surface area contributed by atoms with Gasteiger partial charge in [0, 0.05) is 8.59 Å². The fraction of sp³-hybridized carbons (Fsp3) is 0.333. The van der Waals surface area contributed by atoms with Gasteiger partial charge in [0.1, 0.15) is 5.25 Å². The van der Waals surface area contributed by atoms with Crippen LogP contribution in [0.1, 0.15) is 6.92 Å². The molecule has 7 heteroatoms. The van der Waals surface area contributed by atoms with E-state index in [0.29, 0.717) is 14.3 Å². The van der Waals surface area contributed by atoms with Gasteiger partial charge >= 0.3 is 0 Å². The molecule has 90 valence electrons. The standard InChI is InChI=1S/C9H11ClINO3S/c1-6(5-13)16(14,15)12-9-3-2-7(10)4-8(9)11/h2-4,6,12-13H,5H2,1H3. The molecule has 2 N–H and O–H groups in total. The van der Waals surface area contributed by atoms with Crippen LogP contribution in [-0.2, 0) is 10.0 Å². The van der Waals surface area contributed by atoms with E-state index in [2.05, 4.69) is 4.72 Å². The van der Waals surface area contributed by atoms with Gasteiger partial charge in [-0.1, -0.05) is 11.6 Å². The molecular weight excluding hydrogens is 365 g/mol. The first-order valence-electron chi connectivity index (χ1n) is 4.44. The Kier molecular flexibility index (Phi) is 4.84. The third kappa shape index (κ3) is 3.47. The molecule has 0 saturated carbocycles. The van der Waals surface area contributed by atoms with Crippen molar-refractivity contribution in [2.24, 2.45) is 0 Å². The van der Waals surface area contributed by atoms with Crippen molar-refractivity contribution in [3.05, 3.63) is 26.8 Å². The van der Waals surface area contributed by atoms with Gasteiger partial charge in [0.05, 0.1) is 12.3 Å². The van der Waals surface area contributed by atoms with Gasteiger partial charge in [-0.05, 0) is 47.7 Å². The molecule has 0 heterocycles. The third-order valence-corrected chi connectivity index (χ3v) is 4.81. The molecule has 0 bridgehead atoms. The number of halogens is 2. The Morgan fingerprint density at radius 1 is 1.56 bits per heavy atom. The van der Waals surface area contributed by atoms with Crippen molar-refractivity contribution in [1.29, 1.82) is 0 Å². The predicted molar refractivity (Wildman–Crippen MR) is 73.3 cm³/mol. The highest BCUT2D eigenvalue weighted by atomic mass is 127. The lowest BCUT2D eigenvalue weighted by Crippen LogP contribution is -2.28. The maximum atomic E-state index is 11.7. The van der Waals surface area contributed by atoms with Gasteiger partial charge in [-0.3, -0.25) is 4.72 Å². The normalized spacial score (nSPS) is 13.5. The predicted octanol–water partition coefficient (Wildman–Crippen LogP) is 2.07. The highest BCUT2D eigenvalue weighted by molar-refractivity contribution is 14.1. The number of hydrogen-bond donors (Lipinski definition) is 2. The van der Waals surface area contributed by atoms with E-state index in [1.165, 1.54) is 6.92 Å². The lowest BCUT2D eigenvalue weighted by atomic mass is 10.3. The zero-order valence-corrected chi connectivity index (χ0v) is 12.2. The van der Waals surface area contributed by atoms with E-state index >= 15 is 0 Å². The van der Waals surface area contributed by atoms with E-state index in [-0.39, 0.29) is 0 Å². The summed E-state index contributed by atoms with van der Waals surface area (Å²) in [6.07, 6.45) is 0. The summed E-state index contributed by atoms with van der Waals surface area (Å²) in [5.74, 6) is 0. The SMILES string of the molecule is CC(CO)S(=O)(=O)Nc1ccc(Cl)cc1I. The Morgan fingerprint density at radius 2 is 2.19 bits per heavy atom. The summed E-state index contributed by atoms with van der Waals surface area (Å²) in [4.78, 5) is 0. The fourth-order valence-corrected chi connectivity index (χ4v) is 3.00. The molecule has 1 aromatic rings. The molecule has 4 nitrogen and oxygen atoms in total. The first-order chi connectivity index (χ1) is 7.36. The Balaban J connectivity index is 2.97. The number of rotatable bonds is 4. The maximum Gasteiger partial charge on any atom is 0.237 e. The van der Waals surface area contributed by atoms with Crippen LogP contribution in [0, 0.1) is 3.57 Å². The second-order valence-electron chi connectivity index (χ2n) is 3.26. The average molecular weight is 376 g/mol. The van der Waals surface area contributed by atoms with Crippen LogP contribution in [0.5, 0.6) is 0 Å². The number of sulfonamides is 1. The molecule has 1 aromatic carbocycles. The second-order valence-corrected chi connectivity index (χ2v) is 6.96. The molecule has 0 aliphatic heterocycles. The Morgan fingerprint density at radius 3 is 2.69 bits per heavy atom. The van der Waals surface area contributed by atoms with Crippen LogP contribution in [0.2, 0.25) is 5.02 Å². The topological polar surface area (TPSA) is 66.4 Å². The van der Waals surface area contributed by atoms with Gasteiger partial charge < -0.3 is 5.11 Å². The van der Waals surface area contributed by atoms with Gasteiger partial charge in [0.2, 0.25) is 10.0 Å². The van der Waals surface area contributed by atoms with Crippen molar-refractivity contribution >= 4 is 49.9 Å². The number of anilines is 1. The Labute approximate surface area is 113 Å². The van der Waals surface area contributed by atoms with Crippen LogP contribution in [-0.4, -0.2) is 25.4 Å².